The predicted octanol–water partition coefficient (Wildman–Crippen LogP) is 5.43. The van der Waals surface area contributed by atoms with E-state index in [2.05, 4.69) is 15.0 Å². The lowest BCUT2D eigenvalue weighted by atomic mass is 10.0. The van der Waals surface area contributed by atoms with Crippen molar-refractivity contribution in [1.82, 2.24) is 10.3 Å². The molecule has 4 rings (SSSR count). The zero-order chi connectivity index (χ0) is 27.6. The van der Waals surface area contributed by atoms with Crippen LogP contribution in [0.3, 0.4) is 0 Å². The fourth-order valence-electron chi connectivity index (χ4n) is 4.21. The number of benzene rings is 3. The van der Waals surface area contributed by atoms with E-state index in [9.17, 15) is 14.4 Å². The minimum Gasteiger partial charge on any atom is -0.466 e. The monoisotopic (exact) mass is 519 g/mol. The van der Waals surface area contributed by atoms with E-state index in [0.29, 0.717) is 11.3 Å². The molecule has 0 spiro atoms. The summed E-state index contributed by atoms with van der Waals surface area (Å²) in [5, 5.41) is 3.04. The lowest BCUT2D eigenvalue weighted by Crippen LogP contribution is -2.44. The number of nitrogens with zero attached hydrogens (tertiary/aromatic N) is 2. The van der Waals surface area contributed by atoms with E-state index in [0.717, 1.165) is 28.8 Å². The van der Waals surface area contributed by atoms with Gasteiger partial charge in [0, 0.05) is 35.8 Å². The smallest absolute Gasteiger partial charge is 0.330 e. The van der Waals surface area contributed by atoms with Crippen molar-refractivity contribution in [3.05, 3.63) is 133 Å². The second kappa shape index (κ2) is 13.0. The van der Waals surface area contributed by atoms with Gasteiger partial charge < -0.3 is 10.1 Å². The normalized spacial score (nSPS) is 12.4. The molecule has 1 unspecified atom stereocenters. The van der Waals surface area contributed by atoms with Crippen molar-refractivity contribution in [1.29, 1.82) is 0 Å². The van der Waals surface area contributed by atoms with E-state index in [4.69, 9.17) is 0 Å². The Kier molecular flexibility index (Phi) is 8.98. The Bertz CT molecular complexity index is 1420. The fourth-order valence-corrected chi connectivity index (χ4v) is 4.21. The number of carbonyl (C=O) groups excluding carboxylic acids is 3. The van der Waals surface area contributed by atoms with E-state index in [-0.39, 0.29) is 6.04 Å². The van der Waals surface area contributed by atoms with Crippen molar-refractivity contribution in [2.45, 2.75) is 19.0 Å². The Labute approximate surface area is 227 Å². The number of ether oxygens (including phenoxy) is 1. The average Bonchev–Trinajstić information content (AvgIpc) is 2.99. The standard InChI is InChI=1S/C32H29N3O4/c1-23(24-10-5-3-6-11-24)34-32(38)31(27-14-9-21-33-22-27)35(29(36)19-20-30(37)39-2)28-17-15-26(16-18-28)25-12-7-4-8-13-25/h3-23,31H,1-2H3,(H,34,38)/b20-19+/t23-,31?/m0/s1. The summed E-state index contributed by atoms with van der Waals surface area (Å²) < 4.78 is 4.66. The molecule has 0 fully saturated rings. The van der Waals surface area contributed by atoms with Gasteiger partial charge in [0.05, 0.1) is 13.2 Å². The zero-order valence-electron chi connectivity index (χ0n) is 21.7. The van der Waals surface area contributed by atoms with Crippen LogP contribution in [0.2, 0.25) is 0 Å². The first-order valence-corrected chi connectivity index (χ1v) is 12.5. The Morgan fingerprint density at radius 3 is 2.03 bits per heavy atom. The Hall–Kier alpha value is -5.04. The first kappa shape index (κ1) is 27.0. The molecule has 2 atom stereocenters. The van der Waals surface area contributed by atoms with Crippen molar-refractivity contribution in [3.63, 3.8) is 0 Å². The van der Waals surface area contributed by atoms with Crippen LogP contribution in [0.5, 0.6) is 0 Å². The lowest BCUT2D eigenvalue weighted by Gasteiger charge is -2.31. The van der Waals surface area contributed by atoms with Crippen LogP contribution < -0.4 is 10.2 Å². The van der Waals surface area contributed by atoms with E-state index in [1.165, 1.54) is 12.0 Å². The van der Waals surface area contributed by atoms with Crippen molar-refractivity contribution < 1.29 is 19.1 Å². The minimum absolute atomic E-state index is 0.319. The molecule has 39 heavy (non-hydrogen) atoms. The SMILES string of the molecule is COC(=O)/C=C/C(=O)N(c1ccc(-c2ccccc2)cc1)C(C(=O)N[C@@H](C)c1ccccc1)c1cccnc1. The van der Waals surface area contributed by atoms with Crippen LogP contribution in [-0.2, 0) is 19.1 Å². The predicted molar refractivity (Wildman–Crippen MR) is 150 cm³/mol. The second-order valence-corrected chi connectivity index (χ2v) is 8.81. The second-order valence-electron chi connectivity index (χ2n) is 8.81. The molecule has 0 aliphatic rings. The van der Waals surface area contributed by atoms with Gasteiger partial charge in [-0.3, -0.25) is 19.5 Å². The first-order valence-electron chi connectivity index (χ1n) is 12.5. The molecule has 1 aromatic heterocycles. The molecule has 0 aliphatic heterocycles. The summed E-state index contributed by atoms with van der Waals surface area (Å²) in [6.07, 6.45) is 5.30. The lowest BCUT2D eigenvalue weighted by molar-refractivity contribution is -0.135. The van der Waals surface area contributed by atoms with Crippen LogP contribution in [0.15, 0.2) is 122 Å². The Balaban J connectivity index is 1.76. The molecule has 0 radical (unpaired) electrons. The molecule has 2 amide bonds. The topological polar surface area (TPSA) is 88.6 Å². The van der Waals surface area contributed by atoms with Crippen molar-refractivity contribution >= 4 is 23.5 Å². The summed E-state index contributed by atoms with van der Waals surface area (Å²) in [5.74, 6) is -1.64. The minimum atomic E-state index is -1.07. The van der Waals surface area contributed by atoms with Crippen molar-refractivity contribution in [2.24, 2.45) is 0 Å². The van der Waals surface area contributed by atoms with Crippen LogP contribution >= 0.6 is 0 Å². The summed E-state index contributed by atoms with van der Waals surface area (Å²) >= 11 is 0. The number of methoxy groups -OCH3 is 1. The molecular weight excluding hydrogens is 490 g/mol. The average molecular weight is 520 g/mol. The summed E-state index contributed by atoms with van der Waals surface area (Å²) in [6.45, 7) is 1.88. The number of nitrogens with one attached hydrogen (secondary N) is 1. The van der Waals surface area contributed by atoms with Gasteiger partial charge in [0.15, 0.2) is 0 Å². The van der Waals surface area contributed by atoms with Gasteiger partial charge >= 0.3 is 5.97 Å². The van der Waals surface area contributed by atoms with E-state index >= 15 is 0 Å². The number of rotatable bonds is 9. The van der Waals surface area contributed by atoms with Crippen LogP contribution in [0.1, 0.15) is 30.1 Å². The maximum Gasteiger partial charge on any atom is 0.330 e. The van der Waals surface area contributed by atoms with Crippen molar-refractivity contribution in [2.75, 3.05) is 12.0 Å². The number of anilines is 1. The molecule has 3 aromatic carbocycles. The summed E-state index contributed by atoms with van der Waals surface area (Å²) in [5.41, 5.74) is 3.89. The zero-order valence-corrected chi connectivity index (χ0v) is 21.7. The Morgan fingerprint density at radius 2 is 1.41 bits per heavy atom. The number of aromatic nitrogens is 1. The highest BCUT2D eigenvalue weighted by Crippen LogP contribution is 2.31. The molecule has 7 heteroatoms. The molecule has 0 bridgehead atoms. The third-order valence-corrected chi connectivity index (χ3v) is 6.22. The third kappa shape index (κ3) is 6.84. The fraction of sp³-hybridized carbons (Fsp3) is 0.125. The van der Waals surface area contributed by atoms with Gasteiger partial charge in [0.25, 0.3) is 5.91 Å². The van der Waals surface area contributed by atoms with Gasteiger partial charge in [-0.05, 0) is 41.8 Å². The van der Waals surface area contributed by atoms with Gasteiger partial charge in [-0.15, -0.1) is 0 Å². The molecular formula is C32H29N3O4. The van der Waals surface area contributed by atoms with Crippen LogP contribution in [-0.4, -0.2) is 29.9 Å². The van der Waals surface area contributed by atoms with Crippen LogP contribution in [0.4, 0.5) is 5.69 Å². The number of esters is 1. The first-order chi connectivity index (χ1) is 19.0. The van der Waals surface area contributed by atoms with Gasteiger partial charge in [0.2, 0.25) is 5.91 Å². The van der Waals surface area contributed by atoms with Crippen molar-refractivity contribution in [3.8, 4) is 11.1 Å². The van der Waals surface area contributed by atoms with E-state index in [1.54, 1.807) is 36.7 Å². The summed E-state index contributed by atoms with van der Waals surface area (Å²) in [4.78, 5) is 44.8. The van der Waals surface area contributed by atoms with Gasteiger partial charge in [-0.2, -0.15) is 0 Å². The van der Waals surface area contributed by atoms with Gasteiger partial charge in [0.1, 0.15) is 6.04 Å². The highest BCUT2D eigenvalue weighted by Gasteiger charge is 2.33. The van der Waals surface area contributed by atoms with Gasteiger partial charge in [-0.25, -0.2) is 4.79 Å². The quantitative estimate of drug-likeness (QED) is 0.235. The highest BCUT2D eigenvalue weighted by atomic mass is 16.5. The maximum atomic E-state index is 13.9. The number of hydrogen-bond donors (Lipinski definition) is 1. The number of carbonyl (C=O) groups is 3. The van der Waals surface area contributed by atoms with Gasteiger partial charge in [-0.1, -0.05) is 78.9 Å². The Morgan fingerprint density at radius 1 is 0.795 bits per heavy atom. The maximum absolute atomic E-state index is 13.9. The van der Waals surface area contributed by atoms with E-state index < -0.39 is 23.8 Å². The molecule has 0 saturated heterocycles. The molecule has 1 heterocycles. The summed E-state index contributed by atoms with van der Waals surface area (Å²) in [7, 11) is 1.23. The summed E-state index contributed by atoms with van der Waals surface area (Å²) in [6, 6.07) is 28.8. The number of hydrogen-bond acceptors (Lipinski definition) is 5. The molecule has 4 aromatic rings. The molecule has 196 valence electrons. The molecule has 0 saturated carbocycles. The third-order valence-electron chi connectivity index (χ3n) is 6.22. The molecule has 0 aliphatic carbocycles. The largest absolute Gasteiger partial charge is 0.466 e. The molecule has 7 nitrogen and oxygen atoms in total. The highest BCUT2D eigenvalue weighted by molar-refractivity contribution is 6.08. The van der Waals surface area contributed by atoms with Crippen LogP contribution in [0.25, 0.3) is 11.1 Å². The molecule has 1 N–H and O–H groups in total. The number of amides is 2. The number of pyridine rings is 1. The van der Waals surface area contributed by atoms with Crippen LogP contribution in [0, 0.1) is 0 Å². The van der Waals surface area contributed by atoms with E-state index in [1.807, 2.05) is 79.7 Å².